The van der Waals surface area contributed by atoms with E-state index in [9.17, 15) is 29.7 Å². The number of esters is 2. The third-order valence-electron chi connectivity index (χ3n) is 16.5. The molecule has 13 nitrogen and oxygen atoms in total. The van der Waals surface area contributed by atoms with Crippen LogP contribution in [0.2, 0.25) is 0 Å². The van der Waals surface area contributed by atoms with Gasteiger partial charge in [0.25, 0.3) is 0 Å². The van der Waals surface area contributed by atoms with Gasteiger partial charge in [0, 0.05) is 53.4 Å². The summed E-state index contributed by atoms with van der Waals surface area (Å²) in [6, 6.07) is 2.19. The number of aliphatic hydroxyl groups is 3. The summed E-state index contributed by atoms with van der Waals surface area (Å²) in [7, 11) is 0. The van der Waals surface area contributed by atoms with E-state index in [-0.39, 0.29) is 42.0 Å². The highest BCUT2D eigenvalue weighted by molar-refractivity contribution is 5.92. The fourth-order valence-corrected chi connectivity index (χ4v) is 14.6. The number of cyclic esters (lactones) is 2. The standard InChI is InChI=1S/C41H54N2O11/c1-37(2)30-28(46)31(47)39(4)29-21(9-10-23-33(53-37)40(29,30)17-51-35(23)48)14-38(3)32(52-36(49)34-41(38,39)54-34)22-11-12-50-27(22)13-24(26(45)16-44)19-5-7-20(8-6-19)25-15-42-18-43-25/h5,7,11-12,19-21,23-26,29-34,42-45,47H,6,8-10,13-18H2,1-4H3/t19-,20-,21+,23-,24-,25-,26+,29-,30+,31+,32-,33-,34+,38-,39-,40+,41+/m0/s1. The molecule has 3 saturated carbocycles. The van der Waals surface area contributed by atoms with Crippen molar-refractivity contribution in [1.82, 2.24) is 10.6 Å². The van der Waals surface area contributed by atoms with Crippen LogP contribution in [0.4, 0.5) is 0 Å². The zero-order valence-electron chi connectivity index (χ0n) is 31.5. The molecule has 10 rings (SSSR count). The van der Waals surface area contributed by atoms with Crippen LogP contribution in [0.15, 0.2) is 28.9 Å². The lowest BCUT2D eigenvalue weighted by atomic mass is 9.34. The molecule has 0 aromatic carbocycles. The average Bonchev–Trinajstić information content (AvgIpc) is 3.40. The highest BCUT2D eigenvalue weighted by Gasteiger charge is 2.92. The Morgan fingerprint density at radius 1 is 1.00 bits per heavy atom. The summed E-state index contributed by atoms with van der Waals surface area (Å²) in [5, 5.41) is 40.8. The number of aliphatic hydroxyl groups excluding tert-OH is 3. The van der Waals surface area contributed by atoms with Crippen LogP contribution in [-0.2, 0) is 39.8 Å². The van der Waals surface area contributed by atoms with E-state index in [2.05, 4.69) is 29.7 Å². The van der Waals surface area contributed by atoms with Gasteiger partial charge in [-0.25, -0.2) is 4.79 Å². The number of carbonyl (C=O) groups is 3. The predicted octanol–water partition coefficient (Wildman–Crippen LogP) is 1.97. The molecule has 1 aromatic heterocycles. The fourth-order valence-electron chi connectivity index (χ4n) is 14.6. The molecule has 5 aliphatic heterocycles. The van der Waals surface area contributed by atoms with Crippen molar-refractivity contribution in [2.24, 2.45) is 57.7 Å². The smallest absolute Gasteiger partial charge is 0.339 e. The van der Waals surface area contributed by atoms with Crippen molar-refractivity contribution in [2.75, 3.05) is 26.4 Å². The molecule has 8 fully saturated rings. The molecule has 0 amide bonds. The molecule has 0 radical (unpaired) electrons. The molecule has 5 N–H and O–H groups in total. The lowest BCUT2D eigenvalue weighted by Gasteiger charge is -2.68. The maximum atomic E-state index is 14.8. The minimum Gasteiger partial charge on any atom is -0.469 e. The summed E-state index contributed by atoms with van der Waals surface area (Å²) in [6.07, 6.45) is 4.96. The summed E-state index contributed by atoms with van der Waals surface area (Å²) in [6.45, 7) is 9.07. The number of hydrogen-bond acceptors (Lipinski definition) is 13. The van der Waals surface area contributed by atoms with Crippen LogP contribution in [0.25, 0.3) is 0 Å². The van der Waals surface area contributed by atoms with Gasteiger partial charge in [-0.05, 0) is 75.7 Å². The number of rotatable bonds is 7. The van der Waals surface area contributed by atoms with E-state index in [0.717, 1.165) is 26.1 Å². The van der Waals surface area contributed by atoms with Crippen LogP contribution in [0.3, 0.4) is 0 Å². The third-order valence-corrected chi connectivity index (χ3v) is 16.5. The number of allylic oxidation sites excluding steroid dienone is 1. The van der Waals surface area contributed by atoms with Gasteiger partial charge >= 0.3 is 11.9 Å². The Morgan fingerprint density at radius 2 is 1.81 bits per heavy atom. The Bertz CT molecular complexity index is 1790. The molecular weight excluding hydrogens is 696 g/mol. The van der Waals surface area contributed by atoms with Gasteiger partial charge in [0.05, 0.1) is 42.5 Å². The molecule has 13 heteroatoms. The van der Waals surface area contributed by atoms with Crippen LogP contribution in [-0.4, -0.2) is 101 Å². The second kappa shape index (κ2) is 11.7. The monoisotopic (exact) mass is 750 g/mol. The van der Waals surface area contributed by atoms with Crippen molar-refractivity contribution in [1.29, 1.82) is 0 Å². The summed E-state index contributed by atoms with van der Waals surface area (Å²) in [5.74, 6) is -2.30. The predicted molar refractivity (Wildman–Crippen MR) is 188 cm³/mol. The van der Waals surface area contributed by atoms with E-state index in [0.29, 0.717) is 49.0 Å². The molecule has 6 heterocycles. The van der Waals surface area contributed by atoms with E-state index in [1.165, 1.54) is 0 Å². The summed E-state index contributed by atoms with van der Waals surface area (Å²) < 4.78 is 32.0. The van der Waals surface area contributed by atoms with Gasteiger partial charge in [0.1, 0.15) is 30.2 Å². The van der Waals surface area contributed by atoms with Gasteiger partial charge in [-0.1, -0.05) is 26.0 Å². The third kappa shape index (κ3) is 4.27. The van der Waals surface area contributed by atoms with Crippen LogP contribution in [0.5, 0.6) is 0 Å². The lowest BCUT2D eigenvalue weighted by Crippen LogP contribution is -2.77. The zero-order chi connectivity index (χ0) is 37.7. The maximum absolute atomic E-state index is 14.8. The number of furan rings is 1. The minimum absolute atomic E-state index is 0.00579. The normalized spacial score (nSPS) is 50.6. The Morgan fingerprint density at radius 3 is 2.54 bits per heavy atom. The Balaban J connectivity index is 1.04. The number of hydrogen-bond donors (Lipinski definition) is 5. The summed E-state index contributed by atoms with van der Waals surface area (Å²) in [4.78, 5) is 42.3. The first kappa shape index (κ1) is 35.7. The van der Waals surface area contributed by atoms with E-state index in [1.54, 1.807) is 6.26 Å². The largest absolute Gasteiger partial charge is 0.469 e. The number of ketones is 1. The molecule has 0 unspecified atom stereocenters. The lowest BCUT2D eigenvalue weighted by molar-refractivity contribution is -0.266. The summed E-state index contributed by atoms with van der Waals surface area (Å²) in [5.41, 5.74) is -4.58. The molecule has 54 heavy (non-hydrogen) atoms. The molecule has 17 atom stereocenters. The van der Waals surface area contributed by atoms with Crippen LogP contribution in [0, 0.1) is 57.7 Å². The molecule has 4 aliphatic carbocycles. The Labute approximate surface area is 314 Å². The second-order valence-corrected chi connectivity index (χ2v) is 19.1. The number of carbonyl (C=O) groups excluding carboxylic acids is 3. The van der Waals surface area contributed by atoms with Crippen LogP contribution < -0.4 is 10.6 Å². The Kier molecular flexibility index (Phi) is 7.75. The number of Topliss-reactive ketones (excluding diaryl/α,β-unsaturated/α-hetero) is 1. The molecule has 9 aliphatic rings. The summed E-state index contributed by atoms with van der Waals surface area (Å²) >= 11 is 0. The van der Waals surface area contributed by atoms with Gasteiger partial charge in [-0.3, -0.25) is 14.9 Å². The molecule has 2 bridgehead atoms. The van der Waals surface area contributed by atoms with Crippen molar-refractivity contribution < 1.29 is 53.1 Å². The Hall–Kier alpha value is -2.65. The van der Waals surface area contributed by atoms with Gasteiger partial charge < -0.3 is 44.0 Å². The molecule has 294 valence electrons. The highest BCUT2D eigenvalue weighted by Crippen LogP contribution is 2.82. The van der Waals surface area contributed by atoms with Crippen molar-refractivity contribution >= 4 is 17.7 Å². The number of ether oxygens (including phenoxy) is 4. The van der Waals surface area contributed by atoms with E-state index >= 15 is 0 Å². The van der Waals surface area contributed by atoms with Gasteiger partial charge in [0.2, 0.25) is 0 Å². The van der Waals surface area contributed by atoms with E-state index < -0.39 is 82.4 Å². The quantitative estimate of drug-likeness (QED) is 0.155. The first-order chi connectivity index (χ1) is 25.7. The minimum atomic E-state index is -1.46. The number of epoxide rings is 1. The van der Waals surface area contributed by atoms with Crippen molar-refractivity contribution in [3.8, 4) is 0 Å². The molecule has 5 saturated heterocycles. The highest BCUT2D eigenvalue weighted by atomic mass is 16.7. The van der Waals surface area contributed by atoms with Crippen molar-refractivity contribution in [3.05, 3.63) is 35.8 Å². The molecular formula is C41H54N2O11. The maximum Gasteiger partial charge on any atom is 0.339 e. The zero-order valence-corrected chi connectivity index (χ0v) is 31.5. The van der Waals surface area contributed by atoms with Crippen molar-refractivity contribution in [3.63, 3.8) is 0 Å². The van der Waals surface area contributed by atoms with E-state index in [1.807, 2.05) is 26.8 Å². The first-order valence-electron chi connectivity index (χ1n) is 20.2. The molecule has 1 aromatic rings. The number of nitrogens with one attached hydrogen (secondary N) is 2. The van der Waals surface area contributed by atoms with Gasteiger partial charge in [-0.2, -0.15) is 0 Å². The first-order valence-corrected chi connectivity index (χ1v) is 20.2. The van der Waals surface area contributed by atoms with Crippen LogP contribution in [0.1, 0.15) is 77.2 Å². The fraction of sp³-hybridized carbons (Fsp3) is 0.780. The topological polar surface area (TPSA) is 189 Å². The van der Waals surface area contributed by atoms with Gasteiger partial charge in [0.15, 0.2) is 11.9 Å². The SMILES string of the molecule is CC1(C)O[C@H]2[C@@H]3CC[C@@H]4C[C@@]5(C)[C@H](c6ccoc6C[C@H]([C@H](O)CO)[C@H]6C=C[C@H]([C@@H]7CNCN7)CC6)OC(=O)[C@H]6O[C@]65[C@]5(C)[C@H](O)C(=O)[C@H]1[C@@]2(COC3=O)[C@@H]45. The van der Waals surface area contributed by atoms with Gasteiger partial charge in [-0.15, -0.1) is 0 Å². The average molecular weight is 751 g/mol. The molecule has 2 spiro atoms. The second-order valence-electron chi connectivity index (χ2n) is 19.1. The van der Waals surface area contributed by atoms with Crippen LogP contribution >= 0.6 is 0 Å². The van der Waals surface area contributed by atoms with E-state index in [4.69, 9.17) is 23.4 Å². The van der Waals surface area contributed by atoms with Crippen molar-refractivity contribution in [2.45, 2.75) is 114 Å².